The van der Waals surface area contributed by atoms with E-state index in [9.17, 15) is 29.1 Å². The van der Waals surface area contributed by atoms with E-state index in [4.69, 9.17) is 5.73 Å². The van der Waals surface area contributed by atoms with Crippen molar-refractivity contribution in [2.75, 3.05) is 7.11 Å². The largest absolute Gasteiger partial charge is 0.477 e. The number of carbonyl (C=O) groups is 4. The lowest BCUT2D eigenvalue weighted by atomic mass is 10.0. The number of H-pyrrole nitrogens is 1. The van der Waals surface area contributed by atoms with Gasteiger partial charge in [0, 0.05) is 6.07 Å². The standard InChI is InChI=1S/C17H14N6O7/c1-30-15(28)8-4-2-7(3-5-8)11(12(18)24)20-13(25)9-6-10(14(26)27)23-16(19-9)21-17(29)22-23/h2-6,11H,1H3,(H2,18,24)(H,20,25)(H,22,29)(H,26,27)/t11-/m1/s1. The van der Waals surface area contributed by atoms with Crippen LogP contribution in [0.1, 0.15) is 42.9 Å². The number of carbonyl (C=O) groups excluding carboxylic acids is 3. The molecule has 1 aromatic carbocycles. The number of hydrogen-bond acceptors (Lipinski definition) is 8. The molecule has 0 aliphatic heterocycles. The van der Waals surface area contributed by atoms with Gasteiger partial charge in [0.2, 0.25) is 5.91 Å². The Balaban J connectivity index is 1.94. The highest BCUT2D eigenvalue weighted by Gasteiger charge is 2.24. The number of ether oxygens (including phenoxy) is 1. The SMILES string of the molecule is COC(=O)c1ccc([C@@H](NC(=O)c2cc(C(=O)O)n3[nH]c(=O)nc3n2)C(N)=O)cc1. The molecule has 13 nitrogen and oxygen atoms in total. The Morgan fingerprint density at radius 3 is 2.43 bits per heavy atom. The minimum Gasteiger partial charge on any atom is -0.477 e. The van der Waals surface area contributed by atoms with E-state index in [0.29, 0.717) is 0 Å². The van der Waals surface area contributed by atoms with Crippen molar-refractivity contribution in [3.8, 4) is 0 Å². The second-order valence-corrected chi connectivity index (χ2v) is 5.92. The van der Waals surface area contributed by atoms with E-state index in [1.165, 1.54) is 31.4 Å². The molecule has 2 aromatic heterocycles. The Labute approximate surface area is 166 Å². The number of aromatic nitrogens is 4. The molecule has 30 heavy (non-hydrogen) atoms. The van der Waals surface area contributed by atoms with Gasteiger partial charge in [-0.25, -0.2) is 29.0 Å². The topological polar surface area (TPSA) is 199 Å². The number of fused-ring (bicyclic) bond motifs is 1. The van der Waals surface area contributed by atoms with Crippen molar-refractivity contribution >= 4 is 29.5 Å². The summed E-state index contributed by atoms with van der Waals surface area (Å²) in [6.07, 6.45) is 0. The Morgan fingerprint density at radius 2 is 1.87 bits per heavy atom. The number of primary amides is 1. The quantitative estimate of drug-likeness (QED) is 0.360. The summed E-state index contributed by atoms with van der Waals surface area (Å²) in [6, 6.07) is 5.15. The maximum atomic E-state index is 12.6. The molecule has 13 heteroatoms. The molecule has 0 aliphatic rings. The van der Waals surface area contributed by atoms with Gasteiger partial charge in [-0.05, 0) is 17.7 Å². The number of hydrogen-bond donors (Lipinski definition) is 4. The number of aromatic amines is 1. The van der Waals surface area contributed by atoms with Crippen LogP contribution in [0.3, 0.4) is 0 Å². The van der Waals surface area contributed by atoms with Gasteiger partial charge in [0.25, 0.3) is 11.7 Å². The predicted molar refractivity (Wildman–Crippen MR) is 97.8 cm³/mol. The molecule has 1 atom stereocenters. The zero-order valence-corrected chi connectivity index (χ0v) is 15.3. The first-order chi connectivity index (χ1) is 14.2. The third-order valence-corrected chi connectivity index (χ3v) is 4.02. The van der Waals surface area contributed by atoms with E-state index < -0.39 is 46.9 Å². The van der Waals surface area contributed by atoms with Gasteiger partial charge in [-0.1, -0.05) is 12.1 Å². The number of rotatable bonds is 6. The molecule has 154 valence electrons. The van der Waals surface area contributed by atoms with Gasteiger partial charge in [-0.2, -0.15) is 4.98 Å². The van der Waals surface area contributed by atoms with Gasteiger partial charge in [-0.15, -0.1) is 0 Å². The minimum absolute atomic E-state index is 0.220. The average Bonchev–Trinajstić information content (AvgIpc) is 3.10. The summed E-state index contributed by atoms with van der Waals surface area (Å²) in [7, 11) is 1.21. The average molecular weight is 414 g/mol. The fraction of sp³-hybridized carbons (Fsp3) is 0.118. The highest BCUT2D eigenvalue weighted by Crippen LogP contribution is 2.16. The summed E-state index contributed by atoms with van der Waals surface area (Å²) in [6.45, 7) is 0. The van der Waals surface area contributed by atoms with Crippen molar-refractivity contribution < 1.29 is 29.0 Å². The predicted octanol–water partition coefficient (Wildman–Crippen LogP) is -1.14. The lowest BCUT2D eigenvalue weighted by molar-refractivity contribution is -0.120. The fourth-order valence-electron chi connectivity index (χ4n) is 2.62. The van der Waals surface area contributed by atoms with E-state index in [1.54, 1.807) is 0 Å². The summed E-state index contributed by atoms with van der Waals surface area (Å²) in [4.78, 5) is 66.1. The third kappa shape index (κ3) is 3.84. The van der Waals surface area contributed by atoms with E-state index in [2.05, 4.69) is 25.1 Å². The van der Waals surface area contributed by atoms with Gasteiger partial charge >= 0.3 is 17.6 Å². The van der Waals surface area contributed by atoms with Gasteiger partial charge < -0.3 is 20.9 Å². The van der Waals surface area contributed by atoms with Crippen molar-refractivity contribution in [3.63, 3.8) is 0 Å². The molecule has 0 aliphatic carbocycles. The first-order valence-electron chi connectivity index (χ1n) is 8.23. The number of nitrogens with two attached hydrogens (primary N) is 1. The lowest BCUT2D eigenvalue weighted by Gasteiger charge is -2.16. The monoisotopic (exact) mass is 414 g/mol. The van der Waals surface area contributed by atoms with Crippen LogP contribution in [0.15, 0.2) is 35.1 Å². The smallest absolute Gasteiger partial charge is 0.363 e. The van der Waals surface area contributed by atoms with Crippen LogP contribution < -0.4 is 16.7 Å². The van der Waals surface area contributed by atoms with Gasteiger partial charge in [-0.3, -0.25) is 9.59 Å². The van der Waals surface area contributed by atoms with Crippen LogP contribution in [0, 0.1) is 0 Å². The van der Waals surface area contributed by atoms with Crippen molar-refractivity contribution in [3.05, 3.63) is 63.3 Å². The summed E-state index contributed by atoms with van der Waals surface area (Å²) >= 11 is 0. The number of carboxylic acids is 1. The Morgan fingerprint density at radius 1 is 1.20 bits per heavy atom. The molecular formula is C17H14N6O7. The highest BCUT2D eigenvalue weighted by atomic mass is 16.5. The maximum Gasteiger partial charge on any atom is 0.363 e. The molecule has 0 saturated carbocycles. The molecule has 3 rings (SSSR count). The third-order valence-electron chi connectivity index (χ3n) is 4.02. The fourth-order valence-corrected chi connectivity index (χ4v) is 2.62. The van der Waals surface area contributed by atoms with E-state index in [1.807, 2.05) is 0 Å². The minimum atomic E-state index is -1.45. The van der Waals surface area contributed by atoms with E-state index in [0.717, 1.165) is 10.6 Å². The van der Waals surface area contributed by atoms with Crippen LogP contribution in [0.5, 0.6) is 0 Å². The zero-order valence-electron chi connectivity index (χ0n) is 15.3. The molecular weight excluding hydrogens is 400 g/mol. The molecule has 0 bridgehead atoms. The second kappa shape index (κ2) is 7.83. The normalized spacial score (nSPS) is 11.6. The van der Waals surface area contributed by atoms with Crippen molar-refractivity contribution in [1.29, 1.82) is 0 Å². The molecule has 3 aromatic rings. The number of amides is 2. The summed E-state index contributed by atoms with van der Waals surface area (Å²) in [5.41, 5.74) is 4.11. The molecule has 2 amide bonds. The van der Waals surface area contributed by atoms with Crippen LogP contribution in [0.4, 0.5) is 0 Å². The van der Waals surface area contributed by atoms with Crippen LogP contribution in [-0.2, 0) is 9.53 Å². The number of esters is 1. The van der Waals surface area contributed by atoms with Crippen LogP contribution >= 0.6 is 0 Å². The summed E-state index contributed by atoms with van der Waals surface area (Å²) in [5.74, 6) is -4.23. The Hall–Kier alpha value is -4.55. The molecule has 0 saturated heterocycles. The number of nitrogens with one attached hydrogen (secondary N) is 2. The zero-order chi connectivity index (χ0) is 22.0. The maximum absolute atomic E-state index is 12.6. The Bertz CT molecular complexity index is 1230. The number of carboxylic acid groups (broad SMARTS) is 1. The molecule has 0 radical (unpaired) electrons. The molecule has 2 heterocycles. The molecule has 0 fully saturated rings. The van der Waals surface area contributed by atoms with Gasteiger partial charge in [0.15, 0.2) is 5.69 Å². The summed E-state index contributed by atoms with van der Waals surface area (Å²) < 4.78 is 5.39. The summed E-state index contributed by atoms with van der Waals surface area (Å²) in [5, 5.41) is 13.8. The van der Waals surface area contributed by atoms with E-state index >= 15 is 0 Å². The van der Waals surface area contributed by atoms with Crippen LogP contribution in [0.2, 0.25) is 0 Å². The van der Waals surface area contributed by atoms with Crippen molar-refractivity contribution in [2.45, 2.75) is 6.04 Å². The van der Waals surface area contributed by atoms with E-state index in [-0.39, 0.29) is 16.9 Å². The number of benzene rings is 1. The number of methoxy groups -OCH3 is 1. The first kappa shape index (κ1) is 20.2. The molecule has 0 spiro atoms. The Kier molecular flexibility index (Phi) is 5.27. The molecule has 5 N–H and O–H groups in total. The first-order valence-corrected chi connectivity index (χ1v) is 8.23. The van der Waals surface area contributed by atoms with Crippen LogP contribution in [-0.4, -0.2) is 55.6 Å². The number of aromatic carboxylic acids is 1. The molecule has 0 unspecified atom stereocenters. The van der Waals surface area contributed by atoms with Crippen molar-refractivity contribution in [2.24, 2.45) is 5.73 Å². The second-order valence-electron chi connectivity index (χ2n) is 5.92. The van der Waals surface area contributed by atoms with Crippen LogP contribution in [0.25, 0.3) is 5.78 Å². The number of nitrogens with zero attached hydrogens (tertiary/aromatic N) is 3. The van der Waals surface area contributed by atoms with Gasteiger partial charge in [0.05, 0.1) is 12.7 Å². The lowest BCUT2D eigenvalue weighted by Crippen LogP contribution is -2.38. The van der Waals surface area contributed by atoms with Crippen molar-refractivity contribution in [1.82, 2.24) is 24.9 Å². The highest BCUT2D eigenvalue weighted by molar-refractivity contribution is 5.98. The van der Waals surface area contributed by atoms with Gasteiger partial charge in [0.1, 0.15) is 11.7 Å².